The minimum atomic E-state index is -4.94. The molecule has 1 aliphatic heterocycles. The molecule has 0 radical (unpaired) electrons. The lowest BCUT2D eigenvalue weighted by Crippen LogP contribution is -2.56. The molecular weight excluding hydrogens is 502 g/mol. The number of likely N-dealkylation sites (N-methyl/N-ethyl adjacent to an activating group) is 1. The van der Waals surface area contributed by atoms with E-state index in [0.29, 0.717) is 5.70 Å². The van der Waals surface area contributed by atoms with Gasteiger partial charge in [-0.2, -0.15) is 0 Å². The van der Waals surface area contributed by atoms with Crippen LogP contribution in [-0.4, -0.2) is 53.1 Å². The van der Waals surface area contributed by atoms with Gasteiger partial charge in [-0.15, -0.1) is 13.2 Å². The van der Waals surface area contributed by atoms with E-state index in [9.17, 15) is 41.8 Å². The third-order valence-electron chi connectivity index (χ3n) is 5.43. The van der Waals surface area contributed by atoms with Gasteiger partial charge in [0.25, 0.3) is 5.91 Å². The third kappa shape index (κ3) is 7.06. The summed E-state index contributed by atoms with van der Waals surface area (Å²) < 4.78 is 56.1. The van der Waals surface area contributed by atoms with Gasteiger partial charge in [-0.25, -0.2) is 9.18 Å². The van der Waals surface area contributed by atoms with Crippen LogP contribution in [0, 0.1) is 5.82 Å². The van der Waals surface area contributed by atoms with Crippen molar-refractivity contribution in [3.63, 3.8) is 0 Å². The van der Waals surface area contributed by atoms with Crippen LogP contribution in [0.25, 0.3) is 11.1 Å². The molecule has 0 bridgehead atoms. The van der Waals surface area contributed by atoms with Crippen LogP contribution in [0.4, 0.5) is 22.4 Å². The minimum Gasteiger partial charge on any atom is -0.481 e. The molecule has 3 N–H and O–H groups in total. The highest BCUT2D eigenvalue weighted by Crippen LogP contribution is 2.31. The first kappa shape index (κ1) is 27.2. The lowest BCUT2D eigenvalue weighted by molar-refractivity contribution is -0.274. The molecule has 1 unspecified atom stereocenters. The van der Waals surface area contributed by atoms with Crippen LogP contribution in [-0.2, 0) is 14.4 Å². The van der Waals surface area contributed by atoms with E-state index in [1.807, 2.05) is 0 Å². The number of hydrogen-bond acceptors (Lipinski definition) is 5. The second-order valence-corrected chi connectivity index (χ2v) is 8.14. The maximum Gasteiger partial charge on any atom is 0.573 e. The molecule has 2 aromatic rings. The van der Waals surface area contributed by atoms with Crippen molar-refractivity contribution in [2.45, 2.75) is 31.8 Å². The van der Waals surface area contributed by atoms with Crippen molar-refractivity contribution in [3.8, 4) is 16.9 Å². The van der Waals surface area contributed by atoms with Crippen molar-refractivity contribution in [2.75, 3.05) is 7.05 Å². The number of halogens is 4. The Hall–Kier alpha value is -4.42. The maximum absolute atomic E-state index is 14.5. The monoisotopic (exact) mass is 523 g/mol. The number of urea groups is 1. The molecule has 0 aromatic heterocycles. The number of carbonyl (C=O) groups is 4. The lowest BCUT2D eigenvalue weighted by Gasteiger charge is -2.28. The fraction of sp³-hybridized carbons (Fsp3) is 0.250. The van der Waals surface area contributed by atoms with Crippen molar-refractivity contribution >= 4 is 23.7 Å². The summed E-state index contributed by atoms with van der Waals surface area (Å²) in [4.78, 5) is 49.8. The van der Waals surface area contributed by atoms with Crippen LogP contribution in [0.2, 0.25) is 0 Å². The molecule has 196 valence electrons. The van der Waals surface area contributed by atoms with E-state index in [2.05, 4.69) is 15.4 Å². The van der Waals surface area contributed by atoms with Gasteiger partial charge in [0.15, 0.2) is 11.8 Å². The summed E-state index contributed by atoms with van der Waals surface area (Å²) >= 11 is 0. The summed E-state index contributed by atoms with van der Waals surface area (Å²) in [5.74, 6) is -4.15. The summed E-state index contributed by atoms with van der Waals surface area (Å²) in [6.45, 7) is 1.53. The molecule has 3 rings (SSSR count). The molecule has 0 fully saturated rings. The number of ketones is 1. The Morgan fingerprint density at radius 1 is 1.14 bits per heavy atom. The summed E-state index contributed by atoms with van der Waals surface area (Å²) in [5.41, 5.74) is 0.558. The molecule has 1 aliphatic rings. The predicted molar refractivity (Wildman–Crippen MR) is 121 cm³/mol. The minimum absolute atomic E-state index is 0.0242. The predicted octanol–water partition coefficient (Wildman–Crippen LogP) is 3.52. The third-order valence-corrected chi connectivity index (χ3v) is 5.43. The maximum atomic E-state index is 14.5. The van der Waals surface area contributed by atoms with Crippen LogP contribution in [0.3, 0.4) is 0 Å². The standard InChI is InChI=1S/C24H21F4N3O6/c1-12-6-19(32)21(22(35)31(12)2)30-23(36)29-18(11-20(33)34)15-7-14(8-16(25)9-15)13-4-3-5-17(10-13)37-24(26,27)28/h3-10,18,21H,11H2,1-2H3,(H,33,34)(H2,29,30,36)/t18-,21?/m0/s1. The van der Waals surface area contributed by atoms with Gasteiger partial charge in [-0.05, 0) is 53.9 Å². The van der Waals surface area contributed by atoms with Gasteiger partial charge < -0.3 is 25.4 Å². The molecule has 3 amide bonds. The molecule has 2 atom stereocenters. The molecule has 2 aromatic carbocycles. The second kappa shape index (κ2) is 10.7. The van der Waals surface area contributed by atoms with Crippen molar-refractivity contribution < 1.29 is 46.6 Å². The van der Waals surface area contributed by atoms with E-state index in [0.717, 1.165) is 35.2 Å². The van der Waals surface area contributed by atoms with Crippen LogP contribution in [0.5, 0.6) is 5.75 Å². The summed E-state index contributed by atoms with van der Waals surface area (Å²) in [6.07, 6.45) is -4.49. The highest BCUT2D eigenvalue weighted by atomic mass is 19.4. The number of hydrogen-bond donors (Lipinski definition) is 3. The fourth-order valence-electron chi connectivity index (χ4n) is 3.62. The summed E-state index contributed by atoms with van der Waals surface area (Å²) in [5, 5.41) is 13.8. The zero-order valence-corrected chi connectivity index (χ0v) is 19.4. The molecule has 0 saturated heterocycles. The van der Waals surface area contributed by atoms with E-state index < -0.39 is 60.1 Å². The number of carboxylic acid groups (broad SMARTS) is 1. The molecule has 1 heterocycles. The number of ether oxygens (including phenoxy) is 1. The number of allylic oxidation sites excluding steroid dienone is 1. The number of nitrogens with one attached hydrogen (secondary N) is 2. The molecule has 0 spiro atoms. The van der Waals surface area contributed by atoms with Crippen molar-refractivity contribution in [1.82, 2.24) is 15.5 Å². The molecule has 0 aliphatic carbocycles. The zero-order valence-electron chi connectivity index (χ0n) is 19.4. The quantitative estimate of drug-likeness (QED) is 0.377. The van der Waals surface area contributed by atoms with E-state index in [1.165, 1.54) is 32.2 Å². The van der Waals surface area contributed by atoms with Crippen LogP contribution < -0.4 is 15.4 Å². The fourth-order valence-corrected chi connectivity index (χ4v) is 3.62. The smallest absolute Gasteiger partial charge is 0.481 e. The van der Waals surface area contributed by atoms with Crippen molar-refractivity contribution in [3.05, 3.63) is 65.6 Å². The van der Waals surface area contributed by atoms with Crippen LogP contribution in [0.15, 0.2) is 54.2 Å². The van der Waals surface area contributed by atoms with Crippen molar-refractivity contribution in [2.24, 2.45) is 0 Å². The first-order chi connectivity index (χ1) is 17.2. The number of rotatable bonds is 7. The van der Waals surface area contributed by atoms with E-state index >= 15 is 0 Å². The van der Waals surface area contributed by atoms with Gasteiger partial charge in [0.05, 0.1) is 12.5 Å². The van der Waals surface area contributed by atoms with Gasteiger partial charge in [0.1, 0.15) is 11.6 Å². The Balaban J connectivity index is 1.87. The Bertz CT molecular complexity index is 1280. The lowest BCUT2D eigenvalue weighted by atomic mass is 9.97. The van der Waals surface area contributed by atoms with Gasteiger partial charge >= 0.3 is 18.4 Å². The van der Waals surface area contributed by atoms with Crippen LogP contribution in [0.1, 0.15) is 24.9 Å². The molecule has 9 nitrogen and oxygen atoms in total. The molecule has 37 heavy (non-hydrogen) atoms. The number of alkyl halides is 3. The summed E-state index contributed by atoms with van der Waals surface area (Å²) in [6, 6.07) is 4.04. The summed E-state index contributed by atoms with van der Waals surface area (Å²) in [7, 11) is 1.41. The van der Waals surface area contributed by atoms with E-state index in [4.69, 9.17) is 0 Å². The Kier molecular flexibility index (Phi) is 7.84. The number of carbonyl (C=O) groups excluding carboxylic acids is 3. The van der Waals surface area contributed by atoms with Crippen molar-refractivity contribution in [1.29, 1.82) is 0 Å². The van der Waals surface area contributed by atoms with E-state index in [1.54, 1.807) is 0 Å². The molecule has 0 saturated carbocycles. The number of carboxylic acids is 1. The average molecular weight is 523 g/mol. The Morgan fingerprint density at radius 3 is 2.49 bits per heavy atom. The van der Waals surface area contributed by atoms with Gasteiger partial charge in [0, 0.05) is 18.8 Å². The first-order valence-electron chi connectivity index (χ1n) is 10.7. The first-order valence-corrected chi connectivity index (χ1v) is 10.7. The number of aliphatic carboxylic acids is 1. The Labute approximate surface area is 207 Å². The normalized spacial score (nSPS) is 16.6. The van der Waals surface area contributed by atoms with Gasteiger partial charge in [-0.3, -0.25) is 14.4 Å². The highest BCUT2D eigenvalue weighted by Gasteiger charge is 2.35. The largest absolute Gasteiger partial charge is 0.573 e. The zero-order chi connectivity index (χ0) is 27.5. The van der Waals surface area contributed by atoms with Gasteiger partial charge in [-0.1, -0.05) is 12.1 Å². The van der Waals surface area contributed by atoms with Gasteiger partial charge in [0.2, 0.25) is 0 Å². The average Bonchev–Trinajstić information content (AvgIpc) is 2.78. The molecular formula is C24H21F4N3O6. The van der Waals surface area contributed by atoms with Crippen LogP contribution >= 0.6 is 0 Å². The Morgan fingerprint density at radius 2 is 1.84 bits per heavy atom. The number of amides is 3. The highest BCUT2D eigenvalue weighted by molar-refractivity contribution is 6.14. The second-order valence-electron chi connectivity index (χ2n) is 8.14. The van der Waals surface area contributed by atoms with E-state index in [-0.39, 0.29) is 16.7 Å². The molecule has 13 heteroatoms. The number of nitrogens with zero attached hydrogens (tertiary/aromatic N) is 1. The topological polar surface area (TPSA) is 125 Å². The SMILES string of the molecule is CC1=CC(=O)C(NC(=O)N[C@@H](CC(=O)O)c2cc(F)cc(-c3cccc(OC(F)(F)F)c3)c2)C(=O)N1C. The number of benzene rings is 2.